The molecule has 1 aromatic carbocycles. The summed E-state index contributed by atoms with van der Waals surface area (Å²) in [5.74, 6) is -0.785. The highest BCUT2D eigenvalue weighted by Gasteiger charge is 2.40. The number of Topliss-reactive ketones (excluding diaryl/α,β-unsaturated/α-hetero) is 1. The van der Waals surface area contributed by atoms with Crippen molar-refractivity contribution in [2.45, 2.75) is 52.6 Å². The summed E-state index contributed by atoms with van der Waals surface area (Å²) in [6.07, 6.45) is 1.80. The molecule has 0 bridgehead atoms. The number of esters is 1. The summed E-state index contributed by atoms with van der Waals surface area (Å²) < 4.78 is 5.06. The van der Waals surface area contributed by atoms with E-state index in [1.54, 1.807) is 44.7 Å². The second-order valence-corrected chi connectivity index (χ2v) is 7.20. The molecule has 1 fully saturated rings. The normalized spacial score (nSPS) is 14.4. The fourth-order valence-electron chi connectivity index (χ4n) is 3.60. The second kappa shape index (κ2) is 8.00. The first kappa shape index (κ1) is 19.9. The molecule has 1 heterocycles. The van der Waals surface area contributed by atoms with Gasteiger partial charge in [-0.3, -0.25) is 9.59 Å². The van der Waals surface area contributed by atoms with Gasteiger partial charge in [0.1, 0.15) is 5.69 Å². The molecule has 3 rings (SSSR count). The number of ether oxygens (including phenoxy) is 1. The van der Waals surface area contributed by atoms with Gasteiger partial charge in [0.15, 0.2) is 5.78 Å². The number of benzene rings is 1. The van der Waals surface area contributed by atoms with E-state index in [1.807, 2.05) is 18.2 Å². The summed E-state index contributed by atoms with van der Waals surface area (Å²) in [5, 5.41) is 0. The van der Waals surface area contributed by atoms with Crippen LogP contribution in [0.15, 0.2) is 30.3 Å². The Kier molecular flexibility index (Phi) is 5.68. The fourth-order valence-corrected chi connectivity index (χ4v) is 3.60. The van der Waals surface area contributed by atoms with Crippen LogP contribution in [0.3, 0.4) is 0 Å². The lowest BCUT2D eigenvalue weighted by atomic mass is 9.99. The highest BCUT2D eigenvalue weighted by atomic mass is 16.5. The number of aryl methyl sites for hydroxylation is 1. The van der Waals surface area contributed by atoms with Gasteiger partial charge >= 0.3 is 5.97 Å². The van der Waals surface area contributed by atoms with Gasteiger partial charge in [-0.15, -0.1) is 0 Å². The molecule has 0 saturated heterocycles. The van der Waals surface area contributed by atoms with E-state index < -0.39 is 12.0 Å². The number of H-pyrrole nitrogens is 1. The van der Waals surface area contributed by atoms with Crippen LogP contribution in [-0.2, 0) is 4.74 Å². The zero-order chi connectivity index (χ0) is 20.4. The monoisotopic (exact) mass is 382 g/mol. The van der Waals surface area contributed by atoms with Crippen LogP contribution in [0.5, 0.6) is 0 Å². The Morgan fingerprint density at radius 1 is 1.18 bits per heavy atom. The molecule has 1 atom stereocenters. The van der Waals surface area contributed by atoms with Gasteiger partial charge in [-0.25, -0.2) is 4.79 Å². The van der Waals surface area contributed by atoms with Crippen molar-refractivity contribution in [3.8, 4) is 0 Å². The quantitative estimate of drug-likeness (QED) is 0.585. The van der Waals surface area contributed by atoms with Crippen LogP contribution in [0.2, 0.25) is 0 Å². The number of hydrogen-bond donors (Lipinski definition) is 1. The van der Waals surface area contributed by atoms with Crippen LogP contribution in [0.4, 0.5) is 0 Å². The zero-order valence-corrected chi connectivity index (χ0v) is 16.7. The van der Waals surface area contributed by atoms with E-state index in [4.69, 9.17) is 4.74 Å². The van der Waals surface area contributed by atoms with Gasteiger partial charge in [-0.05, 0) is 58.2 Å². The molecule has 2 aromatic rings. The Morgan fingerprint density at radius 3 is 2.39 bits per heavy atom. The molecule has 1 N–H and O–H groups in total. The van der Waals surface area contributed by atoms with E-state index >= 15 is 0 Å². The van der Waals surface area contributed by atoms with Crippen molar-refractivity contribution in [1.29, 1.82) is 0 Å². The number of carbonyl (C=O) groups is 3. The Labute approximate surface area is 164 Å². The largest absolute Gasteiger partial charge is 0.461 e. The summed E-state index contributed by atoms with van der Waals surface area (Å²) >= 11 is 0. The molecule has 6 heteroatoms. The van der Waals surface area contributed by atoms with E-state index in [1.165, 1.54) is 0 Å². The lowest BCUT2D eigenvalue weighted by Crippen LogP contribution is -2.45. The van der Waals surface area contributed by atoms with E-state index in [0.29, 0.717) is 28.1 Å². The van der Waals surface area contributed by atoms with Crippen molar-refractivity contribution >= 4 is 17.7 Å². The smallest absolute Gasteiger partial charge is 0.355 e. The second-order valence-electron chi connectivity index (χ2n) is 7.20. The number of amides is 1. The number of ketones is 1. The standard InChI is InChI=1S/C22H26N2O4/c1-5-28-22(27)19-13(2)18(14(3)23-19)20(25)15(4)24(17-11-12-17)21(26)16-9-7-6-8-10-16/h6-10,15,17,23H,5,11-12H2,1-4H3/t15-/m0/s1. The van der Waals surface area contributed by atoms with Gasteiger partial charge in [-0.2, -0.15) is 0 Å². The topological polar surface area (TPSA) is 79.5 Å². The molecular formula is C22H26N2O4. The third-order valence-electron chi connectivity index (χ3n) is 5.16. The van der Waals surface area contributed by atoms with E-state index in [2.05, 4.69) is 4.98 Å². The van der Waals surface area contributed by atoms with E-state index in [0.717, 1.165) is 12.8 Å². The molecule has 1 aromatic heterocycles. The maximum absolute atomic E-state index is 13.3. The minimum absolute atomic E-state index is 0.0794. The average Bonchev–Trinajstić information content (AvgIpc) is 3.46. The van der Waals surface area contributed by atoms with Gasteiger partial charge in [0.25, 0.3) is 5.91 Å². The van der Waals surface area contributed by atoms with E-state index in [-0.39, 0.29) is 24.3 Å². The molecule has 6 nitrogen and oxygen atoms in total. The molecule has 1 aliphatic carbocycles. The van der Waals surface area contributed by atoms with Crippen LogP contribution in [0.1, 0.15) is 69.2 Å². The van der Waals surface area contributed by atoms with Crippen LogP contribution < -0.4 is 0 Å². The Bertz CT molecular complexity index is 897. The lowest BCUT2D eigenvalue weighted by Gasteiger charge is -2.29. The van der Waals surface area contributed by atoms with Crippen molar-refractivity contribution in [2.75, 3.05) is 6.61 Å². The molecular weight excluding hydrogens is 356 g/mol. The van der Waals surface area contributed by atoms with Gasteiger partial charge in [0.05, 0.1) is 12.6 Å². The molecule has 1 saturated carbocycles. The fraction of sp³-hybridized carbons (Fsp3) is 0.409. The lowest BCUT2D eigenvalue weighted by molar-refractivity contribution is 0.0518. The van der Waals surface area contributed by atoms with Crippen LogP contribution in [0, 0.1) is 13.8 Å². The first-order valence-electron chi connectivity index (χ1n) is 9.65. The Balaban J connectivity index is 1.91. The first-order chi connectivity index (χ1) is 13.4. The number of nitrogens with zero attached hydrogens (tertiary/aromatic N) is 1. The SMILES string of the molecule is CCOC(=O)c1[nH]c(C)c(C(=O)[C@H](C)N(C(=O)c2ccccc2)C2CC2)c1C. The van der Waals surface area contributed by atoms with Crippen LogP contribution in [0.25, 0.3) is 0 Å². The zero-order valence-electron chi connectivity index (χ0n) is 16.7. The van der Waals surface area contributed by atoms with Crippen molar-refractivity contribution in [3.05, 3.63) is 58.4 Å². The highest BCUT2D eigenvalue weighted by molar-refractivity contribution is 6.07. The minimum Gasteiger partial charge on any atom is -0.461 e. The number of rotatable bonds is 7. The van der Waals surface area contributed by atoms with Crippen molar-refractivity contribution in [1.82, 2.24) is 9.88 Å². The third-order valence-corrected chi connectivity index (χ3v) is 5.16. The average molecular weight is 382 g/mol. The molecule has 0 spiro atoms. The maximum Gasteiger partial charge on any atom is 0.355 e. The summed E-state index contributed by atoms with van der Waals surface area (Å²) in [4.78, 5) is 43.2. The van der Waals surface area contributed by atoms with Crippen molar-refractivity contribution in [2.24, 2.45) is 0 Å². The van der Waals surface area contributed by atoms with E-state index in [9.17, 15) is 14.4 Å². The predicted molar refractivity (Wildman–Crippen MR) is 106 cm³/mol. The molecule has 1 aliphatic rings. The minimum atomic E-state index is -0.622. The Hall–Kier alpha value is -2.89. The summed E-state index contributed by atoms with van der Waals surface area (Å²) in [6, 6.07) is 8.48. The predicted octanol–water partition coefficient (Wildman–Crippen LogP) is 3.68. The van der Waals surface area contributed by atoms with Crippen LogP contribution >= 0.6 is 0 Å². The molecule has 148 valence electrons. The molecule has 0 aliphatic heterocycles. The van der Waals surface area contributed by atoms with Crippen molar-refractivity contribution in [3.63, 3.8) is 0 Å². The third kappa shape index (κ3) is 3.72. The van der Waals surface area contributed by atoms with Crippen LogP contribution in [-0.4, -0.2) is 46.2 Å². The molecule has 0 radical (unpaired) electrons. The highest BCUT2D eigenvalue weighted by Crippen LogP contribution is 2.32. The Morgan fingerprint density at radius 2 is 1.82 bits per heavy atom. The van der Waals surface area contributed by atoms with Gasteiger partial charge in [-0.1, -0.05) is 18.2 Å². The number of hydrogen-bond acceptors (Lipinski definition) is 4. The summed E-state index contributed by atoms with van der Waals surface area (Å²) in [5.41, 5.74) is 2.50. The van der Waals surface area contributed by atoms with Gasteiger partial charge in [0, 0.05) is 22.9 Å². The number of carbonyl (C=O) groups excluding carboxylic acids is 3. The molecule has 28 heavy (non-hydrogen) atoms. The number of aromatic nitrogens is 1. The van der Waals surface area contributed by atoms with Gasteiger partial charge < -0.3 is 14.6 Å². The number of nitrogens with one attached hydrogen (secondary N) is 1. The molecule has 1 amide bonds. The van der Waals surface area contributed by atoms with Gasteiger partial charge in [0.2, 0.25) is 0 Å². The summed E-state index contributed by atoms with van der Waals surface area (Å²) in [7, 11) is 0. The summed E-state index contributed by atoms with van der Waals surface area (Å²) in [6.45, 7) is 7.25. The number of aromatic amines is 1. The maximum atomic E-state index is 13.3. The van der Waals surface area contributed by atoms with Crippen molar-refractivity contribution < 1.29 is 19.1 Å². The first-order valence-corrected chi connectivity index (χ1v) is 9.65. The molecule has 0 unspecified atom stereocenters.